The maximum Gasteiger partial charge on any atom is 0.305 e. The molecule has 9 nitrogen and oxygen atoms in total. The predicted octanol–water partition coefficient (Wildman–Crippen LogP) is 3.09. The van der Waals surface area contributed by atoms with Gasteiger partial charge in [-0.2, -0.15) is 0 Å². The Kier molecular flexibility index (Phi) is 9.36. The molecule has 0 aliphatic carbocycles. The van der Waals surface area contributed by atoms with Gasteiger partial charge in [-0.1, -0.05) is 23.2 Å². The third-order valence-corrected chi connectivity index (χ3v) is 5.11. The first-order valence-electron chi connectivity index (χ1n) is 9.54. The summed E-state index contributed by atoms with van der Waals surface area (Å²) in [6.07, 6.45) is -0.113. The second-order valence-corrected chi connectivity index (χ2v) is 7.39. The summed E-state index contributed by atoms with van der Waals surface area (Å²) in [7, 11) is 5.92. The maximum atomic E-state index is 11.6. The Morgan fingerprint density at radius 2 is 1.62 bits per heavy atom. The van der Waals surface area contributed by atoms with Crippen LogP contribution in [0.4, 0.5) is 5.69 Å². The third-order valence-electron chi connectivity index (χ3n) is 4.56. The molecular weight excluding hydrogens is 438 g/mol. The van der Waals surface area contributed by atoms with E-state index in [1.54, 1.807) is 24.3 Å². The van der Waals surface area contributed by atoms with Crippen LogP contribution < -0.4 is 14.8 Å². The normalized spacial score (nSPS) is 12.4. The molecule has 10 heteroatoms. The maximum absolute atomic E-state index is 11.6. The zero-order valence-electron chi connectivity index (χ0n) is 18.3. The van der Waals surface area contributed by atoms with Crippen LogP contribution >= 0.6 is 0 Å². The number of aliphatic carboxylic acids is 1. The highest BCUT2D eigenvalue weighted by Crippen LogP contribution is 2.38. The fraction of sp³-hybridized carbons (Fsp3) is 0.318. The molecule has 174 valence electrons. The van der Waals surface area contributed by atoms with Crippen molar-refractivity contribution in [2.75, 3.05) is 40.3 Å². The van der Waals surface area contributed by atoms with Crippen molar-refractivity contribution in [3.8, 4) is 11.5 Å². The van der Waals surface area contributed by atoms with Crippen molar-refractivity contribution in [2.45, 2.75) is 12.2 Å². The van der Waals surface area contributed by atoms with Gasteiger partial charge in [0.05, 0.1) is 46.1 Å². The van der Waals surface area contributed by atoms with Gasteiger partial charge in [0.15, 0.2) is 11.5 Å². The smallest absolute Gasteiger partial charge is 0.305 e. The molecule has 0 aliphatic heterocycles. The van der Waals surface area contributed by atoms with E-state index in [-0.39, 0.29) is 24.5 Å². The van der Waals surface area contributed by atoms with E-state index in [1.165, 1.54) is 28.4 Å². The number of rotatable bonds is 12. The van der Waals surface area contributed by atoms with Gasteiger partial charge in [0, 0.05) is 17.9 Å². The Morgan fingerprint density at radius 1 is 1.00 bits per heavy atom. The van der Waals surface area contributed by atoms with Crippen LogP contribution in [0.3, 0.4) is 0 Å². The van der Waals surface area contributed by atoms with Gasteiger partial charge in [0.25, 0.3) is 0 Å². The summed E-state index contributed by atoms with van der Waals surface area (Å²) in [5.41, 5.74) is 1.94. The minimum atomic E-state index is -2.40. The molecule has 1 atom stereocenters. The van der Waals surface area contributed by atoms with Gasteiger partial charge in [-0.15, -0.1) is 0 Å². The molecule has 0 spiro atoms. The van der Waals surface area contributed by atoms with Crippen LogP contribution in [0.15, 0.2) is 36.4 Å². The summed E-state index contributed by atoms with van der Waals surface area (Å²) < 4.78 is 45.3. The fourth-order valence-corrected chi connectivity index (χ4v) is 3.67. The first-order valence-corrected chi connectivity index (χ1v) is 10.8. The molecule has 0 amide bonds. The molecule has 0 aromatic heterocycles. The molecule has 1 unspecified atom stereocenters. The summed E-state index contributed by atoms with van der Waals surface area (Å²) in [4.78, 5) is 10.8. The van der Waals surface area contributed by atoms with Gasteiger partial charge in [0.1, 0.15) is 11.5 Å². The van der Waals surface area contributed by atoms with E-state index >= 15 is 0 Å². The number of carbonyl (C=O) groups is 1. The molecule has 0 aliphatic rings. The number of methoxy groups -OCH3 is 4. The van der Waals surface area contributed by atoms with E-state index < -0.39 is 17.0 Å². The SMILES string of the molecule is COC(=C(OC)c1ccccc1OC)c1cc(OC)c(NCCC(=O)O)cc1CS(=O)[O-]. The number of hydrogen-bond donors (Lipinski definition) is 2. The number of carboxylic acids is 1. The van der Waals surface area contributed by atoms with Crippen molar-refractivity contribution >= 4 is 34.3 Å². The largest absolute Gasteiger partial charge is 0.772 e. The summed E-state index contributed by atoms with van der Waals surface area (Å²) in [6.45, 7) is 0.141. The highest BCUT2D eigenvalue weighted by Gasteiger charge is 2.22. The summed E-state index contributed by atoms with van der Waals surface area (Å²) in [5.74, 6) is 0.301. The lowest BCUT2D eigenvalue weighted by Gasteiger charge is -2.21. The van der Waals surface area contributed by atoms with E-state index in [2.05, 4.69) is 5.32 Å². The molecule has 0 saturated heterocycles. The van der Waals surface area contributed by atoms with Crippen LogP contribution in [0.25, 0.3) is 11.5 Å². The van der Waals surface area contributed by atoms with Gasteiger partial charge in [-0.05, 0) is 29.8 Å². The number of para-hydroxylation sites is 1. The number of carboxylic acid groups (broad SMARTS) is 1. The lowest BCUT2D eigenvalue weighted by Crippen LogP contribution is -2.10. The Hall–Kier alpha value is -3.24. The minimum Gasteiger partial charge on any atom is -0.772 e. The first-order chi connectivity index (χ1) is 15.4. The first kappa shape index (κ1) is 25.0. The summed E-state index contributed by atoms with van der Waals surface area (Å²) in [5, 5.41) is 11.9. The Bertz CT molecular complexity index is 1010. The van der Waals surface area contributed by atoms with Crippen molar-refractivity contribution in [1.29, 1.82) is 0 Å². The number of ether oxygens (including phenoxy) is 4. The van der Waals surface area contributed by atoms with Crippen molar-refractivity contribution in [2.24, 2.45) is 0 Å². The van der Waals surface area contributed by atoms with Crippen LogP contribution in [-0.4, -0.2) is 54.8 Å². The highest BCUT2D eigenvalue weighted by atomic mass is 32.2. The molecule has 32 heavy (non-hydrogen) atoms. The number of hydrogen-bond acceptors (Lipinski definition) is 8. The Labute approximate surface area is 189 Å². The average molecular weight is 465 g/mol. The molecule has 0 heterocycles. The monoisotopic (exact) mass is 464 g/mol. The standard InChI is InChI=1S/C22H27NO8S/c1-28-18-8-6-5-7-15(18)21(30-3)22(31-4)16-12-19(29-2)17(23-10-9-20(24)25)11-14(16)13-32(26)27/h5-8,11-12,23H,9-10,13H2,1-4H3,(H,24,25)(H,26,27)/p-1. The molecule has 0 fully saturated rings. The average Bonchev–Trinajstić information content (AvgIpc) is 2.77. The van der Waals surface area contributed by atoms with Crippen molar-refractivity contribution in [1.82, 2.24) is 0 Å². The van der Waals surface area contributed by atoms with E-state index in [0.717, 1.165) is 0 Å². The van der Waals surface area contributed by atoms with E-state index in [9.17, 15) is 13.6 Å². The van der Waals surface area contributed by atoms with Crippen molar-refractivity contribution in [3.63, 3.8) is 0 Å². The van der Waals surface area contributed by atoms with Crippen LogP contribution in [0.1, 0.15) is 23.1 Å². The van der Waals surface area contributed by atoms with Crippen LogP contribution in [0.2, 0.25) is 0 Å². The van der Waals surface area contributed by atoms with Gasteiger partial charge in [0.2, 0.25) is 0 Å². The molecule has 2 rings (SSSR count). The minimum absolute atomic E-state index is 0.113. The molecule has 2 N–H and O–H groups in total. The van der Waals surface area contributed by atoms with Gasteiger partial charge in [-0.3, -0.25) is 9.00 Å². The second-order valence-electron chi connectivity index (χ2n) is 6.50. The number of nitrogens with one attached hydrogen (secondary N) is 1. The van der Waals surface area contributed by atoms with Crippen molar-refractivity contribution < 1.29 is 37.6 Å². The quantitative estimate of drug-likeness (QED) is 0.277. The van der Waals surface area contributed by atoms with E-state index in [4.69, 9.17) is 24.1 Å². The van der Waals surface area contributed by atoms with E-state index in [0.29, 0.717) is 39.6 Å². The summed E-state index contributed by atoms with van der Waals surface area (Å²) >= 11 is -2.40. The highest BCUT2D eigenvalue weighted by molar-refractivity contribution is 7.78. The van der Waals surface area contributed by atoms with Gasteiger partial charge < -0.3 is 33.9 Å². The van der Waals surface area contributed by atoms with Crippen LogP contribution in [0.5, 0.6) is 11.5 Å². The molecule has 2 aromatic carbocycles. The molecule has 0 saturated carbocycles. The molecule has 2 aromatic rings. The zero-order chi connectivity index (χ0) is 23.7. The topological polar surface area (TPSA) is 126 Å². The van der Waals surface area contributed by atoms with E-state index in [1.807, 2.05) is 12.1 Å². The number of anilines is 1. The zero-order valence-corrected chi connectivity index (χ0v) is 19.1. The van der Waals surface area contributed by atoms with Crippen LogP contribution in [0, 0.1) is 0 Å². The third kappa shape index (κ3) is 6.14. The molecular formula is C22H26NO8S-. The lowest BCUT2D eigenvalue weighted by molar-refractivity contribution is -0.136. The van der Waals surface area contributed by atoms with Crippen LogP contribution in [-0.2, 0) is 31.1 Å². The predicted molar refractivity (Wildman–Crippen MR) is 120 cm³/mol. The summed E-state index contributed by atoms with van der Waals surface area (Å²) in [6, 6.07) is 10.4. The molecule has 0 bridgehead atoms. The molecule has 0 radical (unpaired) electrons. The van der Waals surface area contributed by atoms with Gasteiger partial charge >= 0.3 is 5.97 Å². The van der Waals surface area contributed by atoms with Crippen molar-refractivity contribution in [3.05, 3.63) is 53.1 Å². The number of benzene rings is 2. The Morgan fingerprint density at radius 3 is 2.19 bits per heavy atom. The fourth-order valence-electron chi connectivity index (χ4n) is 3.18. The van der Waals surface area contributed by atoms with Gasteiger partial charge in [-0.25, -0.2) is 0 Å². The Balaban J connectivity index is 2.71. The lowest BCUT2D eigenvalue weighted by atomic mass is 10.0. The second kappa shape index (κ2) is 12.0.